The Morgan fingerprint density at radius 3 is 2.80 bits per heavy atom. The molecule has 4 heterocycles. The van der Waals surface area contributed by atoms with Gasteiger partial charge in [0.25, 0.3) is 11.5 Å². The molecule has 1 aliphatic rings. The van der Waals surface area contributed by atoms with Gasteiger partial charge in [-0.05, 0) is 75.0 Å². The normalized spacial score (nSPS) is 15.9. The molecule has 1 unspecified atom stereocenters. The second kappa shape index (κ2) is 10.1. The molecule has 0 radical (unpaired) electrons. The van der Waals surface area contributed by atoms with Gasteiger partial charge in [-0.1, -0.05) is 0 Å². The molecule has 3 aromatic heterocycles. The van der Waals surface area contributed by atoms with Crippen LogP contribution in [-0.2, 0) is 6.54 Å². The number of hydrogen-bond acceptors (Lipinski definition) is 4. The summed E-state index contributed by atoms with van der Waals surface area (Å²) in [4.78, 5) is 26.0. The first-order valence-electron chi connectivity index (χ1n) is 9.69. The van der Waals surface area contributed by atoms with E-state index < -0.39 is 5.91 Å². The van der Waals surface area contributed by atoms with Crippen molar-refractivity contribution in [2.75, 3.05) is 18.4 Å². The van der Waals surface area contributed by atoms with Gasteiger partial charge < -0.3 is 15.2 Å². The maximum absolute atomic E-state index is 13.0. The molecule has 1 saturated heterocycles. The van der Waals surface area contributed by atoms with Crippen LogP contribution in [0.15, 0.2) is 41.6 Å². The van der Waals surface area contributed by atoms with E-state index >= 15 is 0 Å². The average molecular weight is 452 g/mol. The summed E-state index contributed by atoms with van der Waals surface area (Å²) in [6.07, 6.45) is 7.46. The second-order valence-corrected chi connectivity index (χ2v) is 7.59. The van der Waals surface area contributed by atoms with Crippen molar-refractivity contribution in [3.8, 4) is 0 Å². The van der Waals surface area contributed by atoms with Gasteiger partial charge in [0, 0.05) is 18.9 Å². The van der Waals surface area contributed by atoms with Gasteiger partial charge in [-0.3, -0.25) is 9.59 Å². The summed E-state index contributed by atoms with van der Waals surface area (Å²) < 4.78 is 3.37. The van der Waals surface area contributed by atoms with Crippen LogP contribution < -0.4 is 16.2 Å². The van der Waals surface area contributed by atoms with Gasteiger partial charge in [0.05, 0.1) is 17.4 Å². The molecule has 1 aliphatic heterocycles. The van der Waals surface area contributed by atoms with E-state index in [1.54, 1.807) is 28.4 Å². The van der Waals surface area contributed by atoms with Crippen molar-refractivity contribution in [3.05, 3.63) is 63.8 Å². The van der Waals surface area contributed by atoms with E-state index in [1.807, 2.05) is 31.3 Å². The molecule has 1 atom stereocenters. The van der Waals surface area contributed by atoms with Crippen molar-refractivity contribution in [1.29, 1.82) is 0 Å². The maximum Gasteiger partial charge on any atom is 0.263 e. The van der Waals surface area contributed by atoms with Crippen molar-refractivity contribution < 1.29 is 4.79 Å². The highest BCUT2D eigenvalue weighted by Gasteiger charge is 2.20. The summed E-state index contributed by atoms with van der Waals surface area (Å²) in [6.45, 7) is 6.35. The molecule has 9 heteroatoms. The van der Waals surface area contributed by atoms with Crippen LogP contribution in [0.25, 0.3) is 5.52 Å². The Morgan fingerprint density at radius 1 is 1.27 bits per heavy atom. The minimum absolute atomic E-state index is 0. The Kier molecular flexibility index (Phi) is 8.06. The number of fused-ring (bicyclic) bond motifs is 1. The number of aryl methyl sites for hydroxylation is 2. The second-order valence-electron chi connectivity index (χ2n) is 7.59. The van der Waals surface area contributed by atoms with Crippen LogP contribution in [0.3, 0.4) is 0 Å². The van der Waals surface area contributed by atoms with Gasteiger partial charge in [0.1, 0.15) is 5.56 Å². The highest BCUT2D eigenvalue weighted by Crippen LogP contribution is 2.19. The predicted molar refractivity (Wildman–Crippen MR) is 123 cm³/mol. The van der Waals surface area contributed by atoms with E-state index in [0.29, 0.717) is 23.7 Å². The highest BCUT2D eigenvalue weighted by molar-refractivity contribution is 6.06. The number of piperidine rings is 1. The minimum Gasteiger partial charge on any atom is -0.319 e. The number of hydrogen-bond donors (Lipinski definition) is 2. The molecule has 7 nitrogen and oxygen atoms in total. The summed E-state index contributed by atoms with van der Waals surface area (Å²) in [6, 6.07) is 5.74. The fraction of sp³-hybridized carbons (Fsp3) is 0.381. The van der Waals surface area contributed by atoms with Gasteiger partial charge in [-0.15, -0.1) is 24.8 Å². The largest absolute Gasteiger partial charge is 0.319 e. The Labute approximate surface area is 187 Å². The Bertz CT molecular complexity index is 1090. The molecule has 0 saturated carbocycles. The number of nitrogens with zero attached hydrogens (tertiary/aromatic N) is 3. The number of halogens is 2. The van der Waals surface area contributed by atoms with Crippen LogP contribution in [0.2, 0.25) is 0 Å². The molecule has 3 aromatic rings. The van der Waals surface area contributed by atoms with Gasteiger partial charge in [0.2, 0.25) is 0 Å². The van der Waals surface area contributed by atoms with Crippen molar-refractivity contribution in [3.63, 3.8) is 0 Å². The Balaban J connectivity index is 0.00000160. The first-order chi connectivity index (χ1) is 13.5. The number of anilines is 1. The van der Waals surface area contributed by atoms with Crippen LogP contribution >= 0.6 is 24.8 Å². The summed E-state index contributed by atoms with van der Waals surface area (Å²) >= 11 is 0. The zero-order valence-corrected chi connectivity index (χ0v) is 18.7. The minimum atomic E-state index is -0.393. The lowest BCUT2D eigenvalue weighted by atomic mass is 9.99. The van der Waals surface area contributed by atoms with Gasteiger partial charge in [-0.25, -0.2) is 4.52 Å². The average Bonchev–Trinajstić information content (AvgIpc) is 3.07. The number of carbonyl (C=O) groups is 1. The van der Waals surface area contributed by atoms with Crippen LogP contribution in [0, 0.1) is 19.8 Å². The molecule has 162 valence electrons. The summed E-state index contributed by atoms with van der Waals surface area (Å²) in [5.41, 5.74) is 3.10. The zero-order chi connectivity index (χ0) is 19.7. The van der Waals surface area contributed by atoms with E-state index in [1.165, 1.54) is 0 Å². The first-order valence-corrected chi connectivity index (χ1v) is 9.69. The van der Waals surface area contributed by atoms with Gasteiger partial charge in [-0.2, -0.15) is 5.10 Å². The molecule has 4 rings (SSSR count). The number of aromatic nitrogens is 3. The monoisotopic (exact) mass is 451 g/mol. The van der Waals surface area contributed by atoms with E-state index in [-0.39, 0.29) is 35.9 Å². The van der Waals surface area contributed by atoms with E-state index in [9.17, 15) is 9.59 Å². The van der Waals surface area contributed by atoms with Crippen molar-refractivity contribution in [2.24, 2.45) is 5.92 Å². The molecule has 2 N–H and O–H groups in total. The van der Waals surface area contributed by atoms with Crippen LogP contribution in [0.1, 0.15) is 34.3 Å². The number of pyridine rings is 2. The molecule has 1 amide bonds. The molecular formula is C21H27Cl2N5O2. The lowest BCUT2D eigenvalue weighted by Crippen LogP contribution is -2.36. The fourth-order valence-electron chi connectivity index (χ4n) is 3.81. The lowest BCUT2D eigenvalue weighted by Gasteiger charge is -2.23. The number of amides is 1. The molecule has 30 heavy (non-hydrogen) atoms. The smallest absolute Gasteiger partial charge is 0.263 e. The molecule has 0 aromatic carbocycles. The quantitative estimate of drug-likeness (QED) is 0.637. The standard InChI is InChI=1S/C21H25N5O2.2ClH/c1-14-5-9-26-18(10-14)17(12-23-26)24-20(27)19-15(2)6-8-25(21(19)28)13-16-4-3-7-22-11-16;;/h5-6,8-10,12,16,22H,3-4,7,11,13H2,1-2H3,(H,24,27);2*1H. The number of rotatable bonds is 4. The third-order valence-electron chi connectivity index (χ3n) is 5.38. The van der Waals surface area contributed by atoms with E-state index in [2.05, 4.69) is 15.7 Å². The van der Waals surface area contributed by atoms with Crippen LogP contribution in [0.5, 0.6) is 0 Å². The summed E-state index contributed by atoms with van der Waals surface area (Å²) in [5.74, 6) is 0.0164. The third kappa shape index (κ3) is 4.86. The first kappa shape index (κ1) is 23.9. The highest BCUT2D eigenvalue weighted by atomic mass is 35.5. The Morgan fingerprint density at radius 2 is 2.07 bits per heavy atom. The van der Waals surface area contributed by atoms with Gasteiger partial charge in [0.15, 0.2) is 0 Å². The molecule has 0 spiro atoms. The van der Waals surface area contributed by atoms with Crippen molar-refractivity contribution in [2.45, 2.75) is 33.2 Å². The SMILES string of the molecule is Cc1ccn2ncc(NC(=O)c3c(C)ccn(CC4CCCNC4)c3=O)c2c1.Cl.Cl. The molecule has 0 bridgehead atoms. The van der Waals surface area contributed by atoms with Crippen molar-refractivity contribution in [1.82, 2.24) is 19.5 Å². The summed E-state index contributed by atoms with van der Waals surface area (Å²) in [7, 11) is 0. The lowest BCUT2D eigenvalue weighted by molar-refractivity contribution is 0.102. The molecule has 1 fully saturated rings. The van der Waals surface area contributed by atoms with Crippen molar-refractivity contribution >= 4 is 41.9 Å². The van der Waals surface area contributed by atoms with Crippen LogP contribution in [-0.4, -0.2) is 33.2 Å². The van der Waals surface area contributed by atoms with Gasteiger partial charge >= 0.3 is 0 Å². The number of carbonyl (C=O) groups excluding carboxylic acids is 1. The maximum atomic E-state index is 13.0. The molecule has 0 aliphatic carbocycles. The van der Waals surface area contributed by atoms with E-state index in [0.717, 1.165) is 37.0 Å². The Hall–Kier alpha value is -2.35. The van der Waals surface area contributed by atoms with Crippen LogP contribution in [0.4, 0.5) is 5.69 Å². The predicted octanol–water partition coefficient (Wildman–Crippen LogP) is 3.21. The zero-order valence-electron chi connectivity index (χ0n) is 17.1. The van der Waals surface area contributed by atoms with E-state index in [4.69, 9.17) is 0 Å². The number of nitrogens with one attached hydrogen (secondary N) is 2. The topological polar surface area (TPSA) is 80.4 Å². The third-order valence-corrected chi connectivity index (χ3v) is 5.38. The summed E-state index contributed by atoms with van der Waals surface area (Å²) in [5, 5.41) is 10.5. The fourth-order valence-corrected chi connectivity index (χ4v) is 3.81. The molecular weight excluding hydrogens is 425 g/mol.